The van der Waals surface area contributed by atoms with E-state index in [0.29, 0.717) is 56.6 Å². The van der Waals surface area contributed by atoms with E-state index in [-0.39, 0.29) is 11.6 Å². The molecule has 1 amide bonds. The molecule has 6 N–H and O–H groups in total. The van der Waals surface area contributed by atoms with Gasteiger partial charge in [0.05, 0.1) is 17.0 Å². The molecule has 8 heteroatoms. The van der Waals surface area contributed by atoms with E-state index in [1.807, 2.05) is 96.1 Å². The van der Waals surface area contributed by atoms with Gasteiger partial charge in [-0.3, -0.25) is 4.79 Å². The summed E-state index contributed by atoms with van der Waals surface area (Å²) in [5.41, 5.74) is 10.4. The van der Waals surface area contributed by atoms with Crippen LogP contribution in [-0.4, -0.2) is 42.6 Å². The number of carbonyl (C=O) groups excluding carboxylic acids is 1. The normalized spacial score (nSPS) is 18.8. The number of aromatic amines is 1. The number of fused-ring (bicyclic) bond motifs is 6. The molecule has 8 nitrogen and oxygen atoms in total. The van der Waals surface area contributed by atoms with E-state index in [9.17, 15) is 30.3 Å². The highest BCUT2D eigenvalue weighted by atomic mass is 16.3. The number of aliphatic imine (C=N–C) groups is 1. The summed E-state index contributed by atoms with van der Waals surface area (Å²) in [6.07, 6.45) is -4.15. The number of nitrogens with one attached hydrogen (secondary N) is 1. The second kappa shape index (κ2) is 14.3. The van der Waals surface area contributed by atoms with Crippen LogP contribution >= 0.6 is 0 Å². The number of rotatable bonds is 4. The Labute approximate surface area is 287 Å². The third kappa shape index (κ3) is 6.02. The summed E-state index contributed by atoms with van der Waals surface area (Å²) < 4.78 is 0. The number of aliphatic hydroxyl groups excluding tert-OH is 4. The monoisotopic (exact) mass is 660 g/mol. The highest BCUT2D eigenvalue weighted by Gasteiger charge is 2.34. The van der Waals surface area contributed by atoms with Crippen molar-refractivity contribution >= 4 is 12.1 Å². The van der Waals surface area contributed by atoms with Crippen molar-refractivity contribution in [1.82, 2.24) is 4.98 Å². The largest absolute Gasteiger partial charge is 0.494 e. The Bertz CT molecular complexity index is 2060. The molecule has 0 radical (unpaired) electrons. The third-order valence-corrected chi connectivity index (χ3v) is 9.18. The van der Waals surface area contributed by atoms with Gasteiger partial charge in [-0.25, -0.2) is 4.99 Å². The first kappa shape index (κ1) is 35.4. The zero-order chi connectivity index (χ0) is 35.7. The van der Waals surface area contributed by atoms with Crippen LogP contribution in [-0.2, 0) is 4.79 Å². The predicted octanol–water partition coefficient (Wildman–Crippen LogP) is 7.85. The molecular formula is C41H44N2O6. The van der Waals surface area contributed by atoms with Crippen molar-refractivity contribution in [2.75, 3.05) is 0 Å². The number of H-pyrrole nitrogens is 1. The first-order valence-corrected chi connectivity index (χ1v) is 16.7. The molecule has 0 spiro atoms. The van der Waals surface area contributed by atoms with Crippen molar-refractivity contribution in [1.29, 1.82) is 0 Å². The molecule has 4 aromatic carbocycles. The van der Waals surface area contributed by atoms with E-state index in [0.717, 1.165) is 33.4 Å². The number of benzene rings is 4. The number of carbonyl (C=O) groups is 1. The fourth-order valence-electron chi connectivity index (χ4n) is 6.92. The Hall–Kier alpha value is -4.86. The van der Waals surface area contributed by atoms with Crippen LogP contribution in [0.4, 0.5) is 0 Å². The summed E-state index contributed by atoms with van der Waals surface area (Å²) in [5.74, 6) is -0.207. The number of amides is 1. The number of nitrogens with zero attached hydrogens (tertiary/aromatic N) is 1. The Morgan fingerprint density at radius 2 is 1.06 bits per heavy atom. The van der Waals surface area contributed by atoms with Crippen LogP contribution in [0.3, 0.4) is 0 Å². The van der Waals surface area contributed by atoms with E-state index in [2.05, 4.69) is 9.98 Å². The van der Waals surface area contributed by atoms with Crippen LogP contribution in [0.5, 0.6) is 5.88 Å². The lowest BCUT2D eigenvalue weighted by Crippen LogP contribution is -2.18. The lowest BCUT2D eigenvalue weighted by Gasteiger charge is -2.30. The maximum atomic E-state index is 11.8. The molecule has 5 aromatic rings. The number of aryl methyl sites for hydroxylation is 2. The second-order valence-electron chi connectivity index (χ2n) is 12.0. The molecular weight excluding hydrogens is 616 g/mol. The molecule has 0 aliphatic heterocycles. The van der Waals surface area contributed by atoms with Gasteiger partial charge in [-0.2, -0.15) is 0 Å². The topological polar surface area (TPSA) is 146 Å². The summed E-state index contributed by atoms with van der Waals surface area (Å²) in [5, 5.41) is 55.2. The van der Waals surface area contributed by atoms with Crippen molar-refractivity contribution in [3.05, 3.63) is 123 Å². The number of hydrogen-bond acceptors (Lipinski definition) is 6. The lowest BCUT2D eigenvalue weighted by atomic mass is 9.80. The van der Waals surface area contributed by atoms with Crippen molar-refractivity contribution < 1.29 is 30.3 Å². The Morgan fingerprint density at radius 1 is 0.633 bits per heavy atom. The summed E-state index contributed by atoms with van der Waals surface area (Å²) in [4.78, 5) is 18.9. The molecule has 0 saturated carbocycles. The lowest BCUT2D eigenvalue weighted by molar-refractivity contribution is -0.106. The van der Waals surface area contributed by atoms with Crippen LogP contribution in [0.2, 0.25) is 0 Å². The molecule has 254 valence electrons. The van der Waals surface area contributed by atoms with Crippen molar-refractivity contribution in [2.45, 2.75) is 72.9 Å². The van der Waals surface area contributed by atoms with Crippen LogP contribution in [0, 0.1) is 20.8 Å². The Morgan fingerprint density at radius 3 is 1.55 bits per heavy atom. The summed E-state index contributed by atoms with van der Waals surface area (Å²) in [6.45, 7) is 13.7. The van der Waals surface area contributed by atoms with Gasteiger partial charge < -0.3 is 30.5 Å². The fourth-order valence-corrected chi connectivity index (χ4v) is 6.92. The van der Waals surface area contributed by atoms with Crippen molar-refractivity contribution in [2.24, 2.45) is 4.99 Å². The second-order valence-corrected chi connectivity index (χ2v) is 12.0. The smallest absolute Gasteiger partial charge is 0.233 e. The SMILES string of the molecule is CC.CC.Cc1ccc2c(c1)C(O)C(O)c1cc(C(=NC=O)c3c(O)[nH]c(-c4ccc5c(c4)C(O)C(O)c4cc(C)ccc4-5)c3C)ccc1-2. The zero-order valence-electron chi connectivity index (χ0n) is 28.9. The molecule has 49 heavy (non-hydrogen) atoms. The van der Waals surface area contributed by atoms with Crippen LogP contribution in [0.25, 0.3) is 33.5 Å². The number of aliphatic hydroxyl groups is 4. The first-order valence-electron chi connectivity index (χ1n) is 16.7. The molecule has 2 aliphatic carbocycles. The fraction of sp³-hybridized carbons (Fsp3) is 0.268. The van der Waals surface area contributed by atoms with Crippen molar-refractivity contribution in [3.63, 3.8) is 0 Å². The highest BCUT2D eigenvalue weighted by molar-refractivity contribution is 6.18. The van der Waals surface area contributed by atoms with E-state index < -0.39 is 24.4 Å². The summed E-state index contributed by atoms with van der Waals surface area (Å²) in [6, 6.07) is 22.4. The minimum absolute atomic E-state index is 0.194. The van der Waals surface area contributed by atoms with Crippen LogP contribution in [0.1, 0.15) is 102 Å². The molecule has 4 atom stereocenters. The maximum absolute atomic E-state index is 11.8. The molecule has 0 saturated heterocycles. The number of aromatic hydroxyl groups is 1. The van der Waals surface area contributed by atoms with Gasteiger partial charge in [0.2, 0.25) is 6.41 Å². The van der Waals surface area contributed by atoms with Crippen LogP contribution in [0.15, 0.2) is 77.8 Å². The number of aromatic nitrogens is 1. The van der Waals surface area contributed by atoms with Gasteiger partial charge in [-0.1, -0.05) is 99.5 Å². The summed E-state index contributed by atoms with van der Waals surface area (Å²) in [7, 11) is 0. The first-order chi connectivity index (χ1) is 23.6. The van der Waals surface area contributed by atoms with E-state index in [1.165, 1.54) is 0 Å². The quantitative estimate of drug-likeness (QED) is 0.0855. The van der Waals surface area contributed by atoms with E-state index in [1.54, 1.807) is 25.1 Å². The predicted molar refractivity (Wildman–Crippen MR) is 194 cm³/mol. The summed E-state index contributed by atoms with van der Waals surface area (Å²) >= 11 is 0. The Kier molecular flexibility index (Phi) is 10.4. The molecule has 1 heterocycles. The molecule has 7 rings (SSSR count). The van der Waals surface area contributed by atoms with Gasteiger partial charge >= 0.3 is 0 Å². The molecule has 0 fully saturated rings. The van der Waals surface area contributed by atoms with Gasteiger partial charge in [0.1, 0.15) is 24.4 Å². The Balaban J connectivity index is 0.00000113. The molecule has 1 aromatic heterocycles. The van der Waals surface area contributed by atoms with Gasteiger partial charge in [-0.15, -0.1) is 0 Å². The van der Waals surface area contributed by atoms with Crippen molar-refractivity contribution in [3.8, 4) is 39.4 Å². The van der Waals surface area contributed by atoms with Gasteiger partial charge in [0.25, 0.3) is 0 Å². The van der Waals surface area contributed by atoms with E-state index in [4.69, 9.17) is 0 Å². The molecule has 0 bridgehead atoms. The highest BCUT2D eigenvalue weighted by Crippen LogP contribution is 2.48. The molecule has 4 unspecified atom stereocenters. The van der Waals surface area contributed by atoms with Gasteiger partial charge in [0, 0.05) is 5.56 Å². The minimum atomic E-state index is -1.20. The van der Waals surface area contributed by atoms with Gasteiger partial charge in [0.15, 0.2) is 5.88 Å². The zero-order valence-corrected chi connectivity index (χ0v) is 28.9. The standard InChI is InChI=1S/C37H32N2O6.2C2H6/c1-17-4-8-22-24-10-6-20(14-28(24)35(43)33(41)26(22)12-17)31-19(3)30(37(45)39-31)32(38-16-40)21-7-11-25-23-9-5-18(2)13-27(23)34(42)36(44)29(25)15-21;2*1-2/h4-16,33-36,39,41-45H,1-3H3;2*1-2H3. The minimum Gasteiger partial charge on any atom is -0.494 e. The van der Waals surface area contributed by atoms with E-state index >= 15 is 0 Å². The third-order valence-electron chi connectivity index (χ3n) is 9.18. The number of hydrogen-bond donors (Lipinski definition) is 6. The average Bonchev–Trinajstić information content (AvgIpc) is 3.42. The van der Waals surface area contributed by atoms with Crippen LogP contribution < -0.4 is 0 Å². The average molecular weight is 661 g/mol. The molecule has 2 aliphatic rings. The van der Waals surface area contributed by atoms with Gasteiger partial charge in [-0.05, 0) is 88.5 Å². The maximum Gasteiger partial charge on any atom is 0.233 e.